The Labute approximate surface area is 160 Å². The van der Waals surface area contributed by atoms with Gasteiger partial charge in [0.15, 0.2) is 0 Å². The summed E-state index contributed by atoms with van der Waals surface area (Å²) in [5.41, 5.74) is 1.51. The third kappa shape index (κ3) is 4.39. The van der Waals surface area contributed by atoms with Crippen molar-refractivity contribution >= 4 is 49.1 Å². The lowest BCUT2D eigenvalue weighted by Gasteiger charge is -2.09. The van der Waals surface area contributed by atoms with E-state index < -0.39 is 15.9 Å². The zero-order valence-corrected chi connectivity index (χ0v) is 16.2. The summed E-state index contributed by atoms with van der Waals surface area (Å²) in [6, 6.07) is 11.8. The summed E-state index contributed by atoms with van der Waals surface area (Å²) < 4.78 is 27.9. The number of nitrogens with zero attached hydrogens (tertiary/aromatic N) is 1. The number of thiazole rings is 1. The molecule has 1 amide bonds. The minimum Gasteiger partial charge on any atom is -0.351 e. The molecule has 2 N–H and O–H groups in total. The molecule has 0 aliphatic rings. The Morgan fingerprint density at radius 3 is 2.77 bits per heavy atom. The summed E-state index contributed by atoms with van der Waals surface area (Å²) >= 11 is 7.44. The van der Waals surface area contributed by atoms with E-state index >= 15 is 0 Å². The molecule has 0 aliphatic carbocycles. The minimum absolute atomic E-state index is 0.104. The van der Waals surface area contributed by atoms with Gasteiger partial charge in [0, 0.05) is 11.6 Å². The van der Waals surface area contributed by atoms with Crippen molar-refractivity contribution in [3.05, 3.63) is 58.1 Å². The van der Waals surface area contributed by atoms with Crippen LogP contribution in [0.25, 0.3) is 10.2 Å². The van der Waals surface area contributed by atoms with Crippen molar-refractivity contribution < 1.29 is 13.2 Å². The Hall–Kier alpha value is -2.00. The van der Waals surface area contributed by atoms with Crippen molar-refractivity contribution in [1.29, 1.82) is 0 Å². The molecule has 1 heterocycles. The monoisotopic (exact) mass is 409 g/mol. The van der Waals surface area contributed by atoms with Crippen LogP contribution in [0.2, 0.25) is 5.02 Å². The smallest absolute Gasteiger partial charge is 0.241 e. The largest absolute Gasteiger partial charge is 0.351 e. The number of carbonyl (C=O) groups is 1. The number of aryl methyl sites for hydroxylation is 1. The summed E-state index contributed by atoms with van der Waals surface area (Å²) in [6.45, 7) is 1.74. The van der Waals surface area contributed by atoms with Gasteiger partial charge in [-0.15, -0.1) is 11.3 Å². The normalized spacial score (nSPS) is 11.6. The third-order valence-corrected chi connectivity index (χ3v) is 6.33. The van der Waals surface area contributed by atoms with E-state index in [1.807, 2.05) is 13.0 Å². The Morgan fingerprint density at radius 1 is 1.23 bits per heavy atom. The summed E-state index contributed by atoms with van der Waals surface area (Å²) in [4.78, 5) is 16.3. The predicted octanol–water partition coefficient (Wildman–Crippen LogP) is 2.85. The molecule has 0 bridgehead atoms. The van der Waals surface area contributed by atoms with Crippen molar-refractivity contribution in [1.82, 2.24) is 15.0 Å². The van der Waals surface area contributed by atoms with E-state index in [-0.39, 0.29) is 18.0 Å². The van der Waals surface area contributed by atoms with Gasteiger partial charge in [0.25, 0.3) is 0 Å². The van der Waals surface area contributed by atoms with E-state index in [1.54, 1.807) is 30.3 Å². The first-order valence-electron chi connectivity index (χ1n) is 7.72. The summed E-state index contributed by atoms with van der Waals surface area (Å²) in [6.07, 6.45) is 0. The molecule has 0 radical (unpaired) electrons. The summed E-state index contributed by atoms with van der Waals surface area (Å²) in [7, 11) is -3.79. The predicted molar refractivity (Wildman–Crippen MR) is 103 cm³/mol. The Morgan fingerprint density at radius 2 is 2.00 bits per heavy atom. The van der Waals surface area contributed by atoms with Crippen molar-refractivity contribution in [2.75, 3.05) is 6.54 Å². The van der Waals surface area contributed by atoms with E-state index in [0.29, 0.717) is 5.02 Å². The number of hydrogen-bond donors (Lipinski definition) is 2. The van der Waals surface area contributed by atoms with Crippen molar-refractivity contribution in [3.8, 4) is 0 Å². The molecule has 136 valence electrons. The second-order valence-corrected chi connectivity index (χ2v) is 8.96. The SMILES string of the molecule is Cc1nc2ccc(S(=O)(=O)NCC(=O)NCc3ccccc3Cl)cc2s1. The van der Waals surface area contributed by atoms with Crippen LogP contribution in [-0.2, 0) is 21.4 Å². The van der Waals surface area contributed by atoms with Gasteiger partial charge in [-0.2, -0.15) is 0 Å². The maximum Gasteiger partial charge on any atom is 0.241 e. The number of benzene rings is 2. The number of fused-ring (bicyclic) bond motifs is 1. The van der Waals surface area contributed by atoms with Gasteiger partial charge >= 0.3 is 0 Å². The summed E-state index contributed by atoms with van der Waals surface area (Å²) in [5.74, 6) is -0.441. The quantitative estimate of drug-likeness (QED) is 0.655. The van der Waals surface area contributed by atoms with Crippen molar-refractivity contribution in [2.24, 2.45) is 0 Å². The molecule has 3 rings (SSSR count). The van der Waals surface area contributed by atoms with Crippen LogP contribution >= 0.6 is 22.9 Å². The van der Waals surface area contributed by atoms with Gasteiger partial charge in [-0.25, -0.2) is 18.1 Å². The molecule has 0 atom stereocenters. The molecule has 0 unspecified atom stereocenters. The fraction of sp³-hybridized carbons (Fsp3) is 0.176. The molecule has 0 saturated heterocycles. The highest BCUT2D eigenvalue weighted by Gasteiger charge is 2.17. The molecular weight excluding hydrogens is 394 g/mol. The molecule has 0 fully saturated rings. The van der Waals surface area contributed by atoms with E-state index in [0.717, 1.165) is 20.8 Å². The van der Waals surface area contributed by atoms with Gasteiger partial charge in [0.05, 0.1) is 26.7 Å². The van der Waals surface area contributed by atoms with Crippen molar-refractivity contribution in [2.45, 2.75) is 18.4 Å². The number of halogens is 1. The molecular formula is C17H16ClN3O3S2. The second-order valence-electron chi connectivity index (χ2n) is 5.56. The van der Waals surface area contributed by atoms with Crippen LogP contribution in [0.4, 0.5) is 0 Å². The van der Waals surface area contributed by atoms with Crippen LogP contribution in [0.1, 0.15) is 10.6 Å². The molecule has 9 heteroatoms. The molecule has 6 nitrogen and oxygen atoms in total. The maximum absolute atomic E-state index is 12.4. The van der Waals surface area contributed by atoms with Gasteiger partial charge in [0.2, 0.25) is 15.9 Å². The fourth-order valence-corrected chi connectivity index (χ4v) is 4.48. The van der Waals surface area contributed by atoms with Crippen LogP contribution in [0.5, 0.6) is 0 Å². The van der Waals surface area contributed by atoms with E-state index in [2.05, 4.69) is 15.0 Å². The van der Waals surface area contributed by atoms with Crippen LogP contribution in [-0.4, -0.2) is 25.9 Å². The zero-order chi connectivity index (χ0) is 18.7. The molecule has 3 aromatic rings. The highest BCUT2D eigenvalue weighted by molar-refractivity contribution is 7.89. The lowest BCUT2D eigenvalue weighted by atomic mass is 10.2. The maximum atomic E-state index is 12.4. The Balaban J connectivity index is 1.61. The number of hydrogen-bond acceptors (Lipinski definition) is 5. The number of sulfonamides is 1. The number of aromatic nitrogens is 1. The molecule has 0 aliphatic heterocycles. The number of rotatable bonds is 6. The van der Waals surface area contributed by atoms with Gasteiger partial charge in [-0.1, -0.05) is 29.8 Å². The highest BCUT2D eigenvalue weighted by atomic mass is 35.5. The zero-order valence-electron chi connectivity index (χ0n) is 13.8. The van der Waals surface area contributed by atoms with Crippen LogP contribution in [0.15, 0.2) is 47.4 Å². The Kier molecular flexibility index (Phi) is 5.57. The Bertz CT molecular complexity index is 1060. The van der Waals surface area contributed by atoms with Gasteiger partial charge < -0.3 is 5.32 Å². The van der Waals surface area contributed by atoms with E-state index in [4.69, 9.17) is 11.6 Å². The lowest BCUT2D eigenvalue weighted by molar-refractivity contribution is -0.120. The third-order valence-electron chi connectivity index (χ3n) is 3.63. The van der Waals surface area contributed by atoms with Gasteiger partial charge in [-0.05, 0) is 36.8 Å². The first-order chi connectivity index (χ1) is 12.3. The van der Waals surface area contributed by atoms with Crippen molar-refractivity contribution in [3.63, 3.8) is 0 Å². The highest BCUT2D eigenvalue weighted by Crippen LogP contribution is 2.24. The first kappa shape index (κ1) is 18.8. The minimum atomic E-state index is -3.79. The topological polar surface area (TPSA) is 88.2 Å². The average Bonchev–Trinajstić information content (AvgIpc) is 2.98. The van der Waals surface area contributed by atoms with Gasteiger partial charge in [-0.3, -0.25) is 4.79 Å². The number of carbonyl (C=O) groups excluding carboxylic acids is 1. The molecule has 1 aromatic heterocycles. The summed E-state index contributed by atoms with van der Waals surface area (Å²) in [5, 5.41) is 4.04. The van der Waals surface area contributed by atoms with Crippen LogP contribution in [0.3, 0.4) is 0 Å². The molecule has 0 spiro atoms. The molecule has 2 aromatic carbocycles. The number of nitrogens with one attached hydrogen (secondary N) is 2. The lowest BCUT2D eigenvalue weighted by Crippen LogP contribution is -2.36. The first-order valence-corrected chi connectivity index (χ1v) is 10.4. The standard InChI is InChI=1S/C17H16ClN3O3S2/c1-11-21-15-7-6-13(8-16(15)25-11)26(23,24)20-10-17(22)19-9-12-4-2-3-5-14(12)18/h2-8,20H,9-10H2,1H3,(H,19,22). The van der Waals surface area contributed by atoms with Crippen LogP contribution in [0, 0.1) is 6.92 Å². The van der Waals surface area contributed by atoms with E-state index in [9.17, 15) is 13.2 Å². The average molecular weight is 410 g/mol. The van der Waals surface area contributed by atoms with Crippen LogP contribution < -0.4 is 10.0 Å². The number of amides is 1. The second kappa shape index (κ2) is 7.71. The molecule has 26 heavy (non-hydrogen) atoms. The molecule has 0 saturated carbocycles. The van der Waals surface area contributed by atoms with E-state index in [1.165, 1.54) is 17.4 Å². The van der Waals surface area contributed by atoms with Gasteiger partial charge in [0.1, 0.15) is 0 Å². The fourth-order valence-electron chi connectivity index (χ4n) is 2.33.